The Labute approximate surface area is 108 Å². The summed E-state index contributed by atoms with van der Waals surface area (Å²) in [5.74, 6) is -1.28. The van der Waals surface area contributed by atoms with Gasteiger partial charge in [-0.3, -0.25) is 0 Å². The molecular formula is C13H11FN2O3. The first-order valence-corrected chi connectivity index (χ1v) is 5.35. The molecule has 0 aliphatic rings. The number of hydrogen-bond acceptors (Lipinski definition) is 4. The van der Waals surface area contributed by atoms with E-state index in [1.54, 1.807) is 6.07 Å². The molecule has 0 aliphatic heterocycles. The summed E-state index contributed by atoms with van der Waals surface area (Å²) in [6.07, 6.45) is 1.43. The number of nitrogens with two attached hydrogens (primary N) is 1. The second-order valence-corrected chi connectivity index (χ2v) is 3.85. The standard InChI is InChI=1S/C13H11FN2O3/c1-19-11-5-9(6-16-12(11)15)7-2-8(13(17)18)4-10(14)3-7/h2-6H,1H3,(H2,15,16)(H,17,18). The smallest absolute Gasteiger partial charge is 0.335 e. The van der Waals surface area contributed by atoms with Gasteiger partial charge in [0.25, 0.3) is 0 Å². The van der Waals surface area contributed by atoms with Crippen molar-refractivity contribution in [2.24, 2.45) is 0 Å². The van der Waals surface area contributed by atoms with E-state index in [4.69, 9.17) is 15.6 Å². The maximum atomic E-state index is 13.4. The van der Waals surface area contributed by atoms with Crippen molar-refractivity contribution < 1.29 is 19.0 Å². The fourth-order valence-corrected chi connectivity index (χ4v) is 1.66. The summed E-state index contributed by atoms with van der Waals surface area (Å²) in [4.78, 5) is 14.8. The van der Waals surface area contributed by atoms with Gasteiger partial charge in [0.05, 0.1) is 12.7 Å². The summed E-state index contributed by atoms with van der Waals surface area (Å²) in [5.41, 5.74) is 6.36. The number of carboxylic acids is 1. The molecule has 0 spiro atoms. The minimum Gasteiger partial charge on any atom is -0.493 e. The Kier molecular flexibility index (Phi) is 3.33. The molecule has 2 rings (SSSR count). The van der Waals surface area contributed by atoms with E-state index >= 15 is 0 Å². The van der Waals surface area contributed by atoms with Gasteiger partial charge >= 0.3 is 5.97 Å². The van der Waals surface area contributed by atoms with Crippen LogP contribution in [0.2, 0.25) is 0 Å². The zero-order chi connectivity index (χ0) is 14.0. The van der Waals surface area contributed by atoms with Gasteiger partial charge in [-0.05, 0) is 29.8 Å². The zero-order valence-corrected chi connectivity index (χ0v) is 10.1. The van der Waals surface area contributed by atoms with Crippen LogP contribution in [0, 0.1) is 5.82 Å². The van der Waals surface area contributed by atoms with Crippen LogP contribution in [-0.2, 0) is 0 Å². The maximum Gasteiger partial charge on any atom is 0.335 e. The lowest BCUT2D eigenvalue weighted by Crippen LogP contribution is -1.99. The number of benzene rings is 1. The van der Waals surface area contributed by atoms with E-state index in [1.165, 1.54) is 25.4 Å². The highest BCUT2D eigenvalue weighted by molar-refractivity contribution is 5.89. The van der Waals surface area contributed by atoms with E-state index in [0.29, 0.717) is 16.9 Å². The number of carboxylic acid groups (broad SMARTS) is 1. The van der Waals surface area contributed by atoms with Crippen LogP contribution in [0.15, 0.2) is 30.5 Å². The third-order valence-electron chi connectivity index (χ3n) is 2.58. The summed E-state index contributed by atoms with van der Waals surface area (Å²) in [6, 6.07) is 5.10. The topological polar surface area (TPSA) is 85.4 Å². The van der Waals surface area contributed by atoms with E-state index in [9.17, 15) is 9.18 Å². The Balaban J connectivity index is 2.55. The van der Waals surface area contributed by atoms with Crippen molar-refractivity contribution in [2.75, 3.05) is 12.8 Å². The average Bonchev–Trinajstić information content (AvgIpc) is 2.38. The predicted octanol–water partition coefficient (Wildman–Crippen LogP) is 2.18. The molecule has 0 bridgehead atoms. The van der Waals surface area contributed by atoms with Crippen molar-refractivity contribution in [3.05, 3.63) is 41.8 Å². The highest BCUT2D eigenvalue weighted by Gasteiger charge is 2.10. The normalized spacial score (nSPS) is 10.2. The number of hydrogen-bond donors (Lipinski definition) is 2. The molecule has 1 aromatic carbocycles. The molecule has 5 nitrogen and oxygen atoms in total. The quantitative estimate of drug-likeness (QED) is 0.885. The average molecular weight is 262 g/mol. The molecule has 0 radical (unpaired) electrons. The van der Waals surface area contributed by atoms with Crippen molar-refractivity contribution in [2.45, 2.75) is 0 Å². The van der Waals surface area contributed by atoms with Crippen LogP contribution in [0.4, 0.5) is 10.2 Å². The lowest BCUT2D eigenvalue weighted by Gasteiger charge is -2.07. The molecule has 0 saturated carbocycles. The number of methoxy groups -OCH3 is 1. The number of aromatic carboxylic acids is 1. The second-order valence-electron chi connectivity index (χ2n) is 3.85. The van der Waals surface area contributed by atoms with Gasteiger partial charge in [0.1, 0.15) is 5.82 Å². The molecule has 0 aliphatic carbocycles. The summed E-state index contributed by atoms with van der Waals surface area (Å²) < 4.78 is 18.4. The monoisotopic (exact) mass is 262 g/mol. The van der Waals surface area contributed by atoms with Crippen LogP contribution in [-0.4, -0.2) is 23.2 Å². The van der Waals surface area contributed by atoms with Crippen LogP contribution in [0.3, 0.4) is 0 Å². The molecule has 0 amide bonds. The minimum absolute atomic E-state index is 0.134. The van der Waals surface area contributed by atoms with Gasteiger partial charge in [0, 0.05) is 11.8 Å². The number of nitrogen functional groups attached to an aromatic ring is 1. The Morgan fingerprint density at radius 3 is 2.68 bits per heavy atom. The second kappa shape index (κ2) is 4.93. The Morgan fingerprint density at radius 1 is 1.32 bits per heavy atom. The van der Waals surface area contributed by atoms with Gasteiger partial charge in [0.2, 0.25) is 0 Å². The largest absolute Gasteiger partial charge is 0.493 e. The molecule has 6 heteroatoms. The van der Waals surface area contributed by atoms with Crippen LogP contribution < -0.4 is 10.5 Å². The molecule has 19 heavy (non-hydrogen) atoms. The number of pyridine rings is 1. The van der Waals surface area contributed by atoms with Crippen LogP contribution in [0.25, 0.3) is 11.1 Å². The Morgan fingerprint density at radius 2 is 2.05 bits per heavy atom. The highest BCUT2D eigenvalue weighted by atomic mass is 19.1. The molecule has 0 saturated heterocycles. The first kappa shape index (κ1) is 12.8. The molecule has 0 fully saturated rings. The minimum atomic E-state index is -1.20. The third-order valence-corrected chi connectivity index (χ3v) is 2.58. The summed E-state index contributed by atoms with van der Waals surface area (Å²) in [7, 11) is 1.44. The summed E-state index contributed by atoms with van der Waals surface area (Å²) in [5, 5.41) is 8.90. The van der Waals surface area contributed by atoms with Gasteiger partial charge in [0.15, 0.2) is 11.6 Å². The summed E-state index contributed by atoms with van der Waals surface area (Å²) in [6.45, 7) is 0. The fraction of sp³-hybridized carbons (Fsp3) is 0.0769. The number of rotatable bonds is 3. The van der Waals surface area contributed by atoms with Gasteiger partial charge in [-0.2, -0.15) is 0 Å². The van der Waals surface area contributed by atoms with E-state index in [1.807, 2.05) is 0 Å². The third kappa shape index (κ3) is 2.62. The molecule has 1 aromatic heterocycles. The van der Waals surface area contributed by atoms with Gasteiger partial charge < -0.3 is 15.6 Å². The predicted molar refractivity (Wildman–Crippen MR) is 67.6 cm³/mol. The number of nitrogens with zero attached hydrogens (tertiary/aromatic N) is 1. The van der Waals surface area contributed by atoms with Crippen molar-refractivity contribution in [1.29, 1.82) is 0 Å². The van der Waals surface area contributed by atoms with E-state index in [2.05, 4.69) is 4.98 Å². The van der Waals surface area contributed by atoms with Crippen molar-refractivity contribution in [3.63, 3.8) is 0 Å². The number of ether oxygens (including phenoxy) is 1. The maximum absolute atomic E-state index is 13.4. The number of carbonyl (C=O) groups is 1. The van der Waals surface area contributed by atoms with Crippen molar-refractivity contribution in [1.82, 2.24) is 4.98 Å². The van der Waals surface area contributed by atoms with Crippen LogP contribution >= 0.6 is 0 Å². The van der Waals surface area contributed by atoms with Gasteiger partial charge in [-0.1, -0.05) is 0 Å². The first-order chi connectivity index (χ1) is 9.01. The van der Waals surface area contributed by atoms with Crippen molar-refractivity contribution in [3.8, 4) is 16.9 Å². The molecule has 0 atom stereocenters. The van der Waals surface area contributed by atoms with Gasteiger partial charge in [-0.15, -0.1) is 0 Å². The number of anilines is 1. The molecule has 3 N–H and O–H groups in total. The van der Waals surface area contributed by atoms with E-state index in [-0.39, 0.29) is 11.4 Å². The Hall–Kier alpha value is -2.63. The lowest BCUT2D eigenvalue weighted by atomic mass is 10.0. The first-order valence-electron chi connectivity index (χ1n) is 5.35. The zero-order valence-electron chi connectivity index (χ0n) is 10.1. The number of halogens is 1. The highest BCUT2D eigenvalue weighted by Crippen LogP contribution is 2.27. The molecule has 2 aromatic rings. The molecule has 1 heterocycles. The number of aromatic nitrogens is 1. The van der Waals surface area contributed by atoms with Crippen molar-refractivity contribution >= 4 is 11.8 Å². The lowest BCUT2D eigenvalue weighted by molar-refractivity contribution is 0.0696. The fourth-order valence-electron chi connectivity index (χ4n) is 1.66. The SMILES string of the molecule is COc1cc(-c2cc(F)cc(C(=O)O)c2)cnc1N. The Bertz CT molecular complexity index is 644. The molecular weight excluding hydrogens is 251 g/mol. The molecule has 98 valence electrons. The van der Waals surface area contributed by atoms with Crippen LogP contribution in [0.5, 0.6) is 5.75 Å². The van der Waals surface area contributed by atoms with Gasteiger partial charge in [-0.25, -0.2) is 14.2 Å². The van der Waals surface area contributed by atoms with E-state index in [0.717, 1.165) is 6.07 Å². The summed E-state index contributed by atoms with van der Waals surface area (Å²) >= 11 is 0. The van der Waals surface area contributed by atoms with E-state index < -0.39 is 11.8 Å². The molecule has 0 unspecified atom stereocenters. The van der Waals surface area contributed by atoms with Crippen LogP contribution in [0.1, 0.15) is 10.4 Å².